The third-order valence-corrected chi connectivity index (χ3v) is 7.36. The topological polar surface area (TPSA) is 37.3 Å². The summed E-state index contributed by atoms with van der Waals surface area (Å²) in [4.78, 5) is 11.5. The highest BCUT2D eigenvalue weighted by Gasteiger charge is 2.71. The zero-order valence-corrected chi connectivity index (χ0v) is 11.9. The fourth-order valence-corrected chi connectivity index (χ4v) is 6.85. The fraction of sp³-hybridized carbons (Fsp3) is 0.824. The van der Waals surface area contributed by atoms with Crippen LogP contribution >= 0.6 is 0 Å². The zero-order valence-electron chi connectivity index (χ0n) is 11.9. The van der Waals surface area contributed by atoms with Crippen LogP contribution in [-0.2, 0) is 4.79 Å². The summed E-state index contributed by atoms with van der Waals surface area (Å²) in [7, 11) is 0. The van der Waals surface area contributed by atoms with Crippen molar-refractivity contribution in [3.63, 3.8) is 0 Å². The van der Waals surface area contributed by atoms with Gasteiger partial charge in [0, 0.05) is 0 Å². The molecule has 3 saturated carbocycles. The van der Waals surface area contributed by atoms with E-state index in [1.807, 2.05) is 0 Å². The third-order valence-electron chi connectivity index (χ3n) is 7.36. The minimum Gasteiger partial charge on any atom is -0.481 e. The normalized spacial score (nSPS) is 54.6. The number of carbonyl (C=O) groups is 1. The lowest BCUT2D eigenvalue weighted by molar-refractivity contribution is -0.147. The Morgan fingerprint density at radius 2 is 2.16 bits per heavy atom. The van der Waals surface area contributed by atoms with Crippen molar-refractivity contribution >= 4 is 5.97 Å². The summed E-state index contributed by atoms with van der Waals surface area (Å²) in [6.45, 7) is 4.74. The minimum atomic E-state index is -0.531. The van der Waals surface area contributed by atoms with Crippen molar-refractivity contribution in [2.24, 2.45) is 46.8 Å². The van der Waals surface area contributed by atoms with E-state index >= 15 is 0 Å². The molecule has 4 aliphatic carbocycles. The maximum absolute atomic E-state index is 11.5. The molecule has 0 aromatic heterocycles. The first-order chi connectivity index (χ1) is 9.10. The molecule has 1 N–H and O–H groups in total. The van der Waals surface area contributed by atoms with Gasteiger partial charge in [-0.3, -0.25) is 4.79 Å². The number of allylic oxidation sites excluding steroid dienone is 2. The fourth-order valence-electron chi connectivity index (χ4n) is 6.85. The molecule has 104 valence electrons. The molecule has 4 rings (SSSR count). The molecule has 0 spiro atoms. The van der Waals surface area contributed by atoms with Gasteiger partial charge in [-0.2, -0.15) is 0 Å². The molecule has 0 aromatic rings. The standard InChI is InChI=1S/C17H24O2/c1-3-9(2)17-11-5-4-10(6-11)15(17)13-7-12(17)8-14(13)16(18)19/h4-5,9-15H,3,6-8H2,1-2H3,(H,18,19). The number of carboxylic acids is 1. The second-order valence-electron chi connectivity index (χ2n) is 7.50. The van der Waals surface area contributed by atoms with Crippen molar-refractivity contribution in [1.82, 2.24) is 0 Å². The molecule has 0 aliphatic heterocycles. The molecular formula is C17H24O2. The molecule has 0 aromatic carbocycles. The number of carboxylic acid groups (broad SMARTS) is 1. The van der Waals surface area contributed by atoms with Gasteiger partial charge in [0.2, 0.25) is 0 Å². The molecule has 0 saturated heterocycles. The number of aliphatic carboxylic acids is 1. The van der Waals surface area contributed by atoms with Gasteiger partial charge in [-0.15, -0.1) is 0 Å². The highest BCUT2D eigenvalue weighted by molar-refractivity contribution is 5.71. The van der Waals surface area contributed by atoms with Gasteiger partial charge < -0.3 is 5.11 Å². The highest BCUT2D eigenvalue weighted by atomic mass is 16.4. The van der Waals surface area contributed by atoms with Crippen LogP contribution in [0.2, 0.25) is 0 Å². The predicted octanol–water partition coefficient (Wildman–Crippen LogP) is 3.58. The quantitative estimate of drug-likeness (QED) is 0.622. The van der Waals surface area contributed by atoms with Crippen molar-refractivity contribution in [1.29, 1.82) is 0 Å². The summed E-state index contributed by atoms with van der Waals surface area (Å²) in [5, 5.41) is 9.49. The lowest BCUT2D eigenvalue weighted by Gasteiger charge is -2.50. The molecule has 2 nitrogen and oxygen atoms in total. The van der Waals surface area contributed by atoms with E-state index in [1.54, 1.807) is 0 Å². The molecule has 19 heavy (non-hydrogen) atoms. The molecule has 4 bridgehead atoms. The predicted molar refractivity (Wildman–Crippen MR) is 73.5 cm³/mol. The molecule has 0 heterocycles. The summed E-state index contributed by atoms with van der Waals surface area (Å²) in [5.41, 5.74) is 0.463. The summed E-state index contributed by atoms with van der Waals surface area (Å²) >= 11 is 0. The Bertz CT molecular complexity index is 454. The van der Waals surface area contributed by atoms with Gasteiger partial charge in [-0.1, -0.05) is 32.4 Å². The van der Waals surface area contributed by atoms with Crippen LogP contribution in [0.15, 0.2) is 12.2 Å². The average molecular weight is 260 g/mol. The molecule has 8 unspecified atom stereocenters. The van der Waals surface area contributed by atoms with Gasteiger partial charge in [0.05, 0.1) is 5.92 Å². The molecule has 8 atom stereocenters. The number of fused-ring (bicyclic) bond motifs is 9. The second-order valence-corrected chi connectivity index (χ2v) is 7.50. The van der Waals surface area contributed by atoms with Crippen LogP contribution in [0.25, 0.3) is 0 Å². The van der Waals surface area contributed by atoms with Crippen molar-refractivity contribution in [3.05, 3.63) is 12.2 Å². The zero-order chi connectivity index (χ0) is 13.4. The SMILES string of the molecule is CCC(C)C12C3C=CC(C3)C1C1CC2CC1C(=O)O. The van der Waals surface area contributed by atoms with Crippen molar-refractivity contribution in [2.45, 2.75) is 39.5 Å². The van der Waals surface area contributed by atoms with Gasteiger partial charge in [0.1, 0.15) is 0 Å². The number of hydrogen-bond donors (Lipinski definition) is 1. The summed E-state index contributed by atoms with van der Waals surface area (Å²) in [6, 6.07) is 0. The van der Waals surface area contributed by atoms with E-state index < -0.39 is 5.97 Å². The van der Waals surface area contributed by atoms with Crippen molar-refractivity contribution < 1.29 is 9.90 Å². The van der Waals surface area contributed by atoms with Crippen LogP contribution in [0.1, 0.15) is 39.5 Å². The van der Waals surface area contributed by atoms with E-state index in [-0.39, 0.29) is 5.92 Å². The summed E-state index contributed by atoms with van der Waals surface area (Å²) in [6.07, 6.45) is 9.60. The van der Waals surface area contributed by atoms with Crippen molar-refractivity contribution in [2.75, 3.05) is 0 Å². The van der Waals surface area contributed by atoms with Crippen LogP contribution in [0.3, 0.4) is 0 Å². The maximum Gasteiger partial charge on any atom is 0.306 e. The highest BCUT2D eigenvalue weighted by Crippen LogP contribution is 2.76. The van der Waals surface area contributed by atoms with Gasteiger partial charge in [-0.25, -0.2) is 0 Å². The second kappa shape index (κ2) is 3.65. The Labute approximate surface area is 115 Å². The van der Waals surface area contributed by atoms with E-state index in [4.69, 9.17) is 0 Å². The Hall–Kier alpha value is -0.790. The van der Waals surface area contributed by atoms with E-state index in [0.717, 1.165) is 18.3 Å². The molecular weight excluding hydrogens is 236 g/mol. The van der Waals surface area contributed by atoms with Gasteiger partial charge >= 0.3 is 5.97 Å². The molecule has 0 amide bonds. The Balaban J connectivity index is 1.79. The lowest BCUT2D eigenvalue weighted by Crippen LogP contribution is -2.47. The molecule has 2 heteroatoms. The monoisotopic (exact) mass is 260 g/mol. The Morgan fingerprint density at radius 1 is 1.37 bits per heavy atom. The minimum absolute atomic E-state index is 0.0417. The lowest BCUT2D eigenvalue weighted by atomic mass is 9.53. The maximum atomic E-state index is 11.5. The van der Waals surface area contributed by atoms with Crippen LogP contribution in [0.4, 0.5) is 0 Å². The van der Waals surface area contributed by atoms with Crippen LogP contribution in [-0.4, -0.2) is 11.1 Å². The largest absolute Gasteiger partial charge is 0.481 e. The third kappa shape index (κ3) is 1.18. The number of rotatable bonds is 3. The summed E-state index contributed by atoms with van der Waals surface area (Å²) in [5.74, 6) is 3.45. The first-order valence-corrected chi connectivity index (χ1v) is 8.01. The molecule has 0 radical (unpaired) electrons. The Morgan fingerprint density at radius 3 is 2.84 bits per heavy atom. The van der Waals surface area contributed by atoms with E-state index in [0.29, 0.717) is 29.1 Å². The number of hydrogen-bond acceptors (Lipinski definition) is 1. The van der Waals surface area contributed by atoms with Crippen LogP contribution in [0.5, 0.6) is 0 Å². The Kier molecular flexibility index (Phi) is 2.30. The van der Waals surface area contributed by atoms with Gasteiger partial charge in [-0.05, 0) is 60.2 Å². The van der Waals surface area contributed by atoms with Crippen LogP contribution in [0, 0.1) is 46.8 Å². The smallest absolute Gasteiger partial charge is 0.306 e. The average Bonchev–Trinajstić information content (AvgIpc) is 3.13. The summed E-state index contributed by atoms with van der Waals surface area (Å²) < 4.78 is 0. The first kappa shape index (κ1) is 12.0. The van der Waals surface area contributed by atoms with E-state index in [2.05, 4.69) is 26.0 Å². The van der Waals surface area contributed by atoms with E-state index in [9.17, 15) is 9.90 Å². The molecule has 3 fully saturated rings. The van der Waals surface area contributed by atoms with Gasteiger partial charge in [0.15, 0.2) is 0 Å². The van der Waals surface area contributed by atoms with Crippen molar-refractivity contribution in [3.8, 4) is 0 Å². The van der Waals surface area contributed by atoms with Crippen LogP contribution < -0.4 is 0 Å². The first-order valence-electron chi connectivity index (χ1n) is 8.01. The van der Waals surface area contributed by atoms with E-state index in [1.165, 1.54) is 19.3 Å². The molecule has 4 aliphatic rings. The van der Waals surface area contributed by atoms with Gasteiger partial charge in [0.25, 0.3) is 0 Å².